The number of rotatable bonds is 6. The third-order valence-corrected chi connectivity index (χ3v) is 5.30. The van der Waals surface area contributed by atoms with Crippen LogP contribution in [-0.4, -0.2) is 24.0 Å². The SMILES string of the molecule is COc1cc(NC(=O)C2CCC(Nc3cccc(F)c3[N+](=O)[O-])CC2)ccc1C. The maximum Gasteiger partial charge on any atom is 0.327 e. The molecule has 3 rings (SSSR count). The number of para-hydroxylation sites is 1. The Morgan fingerprint density at radius 1 is 1.21 bits per heavy atom. The Morgan fingerprint density at radius 2 is 1.93 bits per heavy atom. The first-order valence-corrected chi connectivity index (χ1v) is 9.54. The van der Waals surface area contributed by atoms with E-state index >= 15 is 0 Å². The molecule has 2 aromatic rings. The Bertz CT molecular complexity index is 911. The van der Waals surface area contributed by atoms with Crippen LogP contribution in [0.15, 0.2) is 36.4 Å². The van der Waals surface area contributed by atoms with E-state index in [0.717, 1.165) is 11.6 Å². The number of nitrogens with one attached hydrogen (secondary N) is 2. The highest BCUT2D eigenvalue weighted by atomic mass is 19.1. The summed E-state index contributed by atoms with van der Waals surface area (Å²) < 4.78 is 19.0. The van der Waals surface area contributed by atoms with Crippen LogP contribution in [0.25, 0.3) is 0 Å². The molecule has 0 unspecified atom stereocenters. The van der Waals surface area contributed by atoms with Crippen molar-refractivity contribution in [2.24, 2.45) is 5.92 Å². The van der Waals surface area contributed by atoms with Crippen molar-refractivity contribution in [2.75, 3.05) is 17.7 Å². The van der Waals surface area contributed by atoms with Crippen molar-refractivity contribution in [3.05, 3.63) is 57.9 Å². The van der Waals surface area contributed by atoms with E-state index in [2.05, 4.69) is 10.6 Å². The van der Waals surface area contributed by atoms with Gasteiger partial charge in [0, 0.05) is 23.7 Å². The summed E-state index contributed by atoms with van der Waals surface area (Å²) in [7, 11) is 1.59. The topological polar surface area (TPSA) is 93.5 Å². The molecule has 154 valence electrons. The van der Waals surface area contributed by atoms with E-state index in [1.165, 1.54) is 12.1 Å². The van der Waals surface area contributed by atoms with Gasteiger partial charge in [0.25, 0.3) is 0 Å². The number of nitro benzene ring substituents is 1. The van der Waals surface area contributed by atoms with E-state index in [9.17, 15) is 19.3 Å². The number of amides is 1. The molecular formula is C21H24FN3O4. The number of nitro groups is 1. The molecule has 1 aliphatic carbocycles. The van der Waals surface area contributed by atoms with Crippen molar-refractivity contribution in [1.29, 1.82) is 0 Å². The van der Waals surface area contributed by atoms with Gasteiger partial charge in [-0.1, -0.05) is 12.1 Å². The fraction of sp³-hybridized carbons (Fsp3) is 0.381. The van der Waals surface area contributed by atoms with Crippen LogP contribution in [0, 0.1) is 28.8 Å². The van der Waals surface area contributed by atoms with Crippen molar-refractivity contribution in [3.8, 4) is 5.75 Å². The molecule has 0 aromatic heterocycles. The minimum Gasteiger partial charge on any atom is -0.496 e. The van der Waals surface area contributed by atoms with Crippen molar-refractivity contribution in [3.63, 3.8) is 0 Å². The van der Waals surface area contributed by atoms with Crippen LogP contribution in [0.4, 0.5) is 21.5 Å². The summed E-state index contributed by atoms with van der Waals surface area (Å²) in [6.45, 7) is 1.93. The van der Waals surface area contributed by atoms with Crippen LogP contribution >= 0.6 is 0 Å². The molecule has 1 amide bonds. The van der Waals surface area contributed by atoms with Crippen LogP contribution in [0.1, 0.15) is 31.2 Å². The fourth-order valence-electron chi connectivity index (χ4n) is 3.68. The van der Waals surface area contributed by atoms with Crippen LogP contribution in [-0.2, 0) is 4.79 Å². The number of aryl methyl sites for hydroxylation is 1. The summed E-state index contributed by atoms with van der Waals surface area (Å²) in [5.41, 5.74) is 1.31. The van der Waals surface area contributed by atoms with Gasteiger partial charge in [-0.05, 0) is 56.4 Å². The number of methoxy groups -OCH3 is 1. The molecule has 7 nitrogen and oxygen atoms in total. The molecule has 0 aliphatic heterocycles. The Hall–Kier alpha value is -3.16. The summed E-state index contributed by atoms with van der Waals surface area (Å²) >= 11 is 0. The van der Waals surface area contributed by atoms with E-state index in [4.69, 9.17) is 4.74 Å². The first-order valence-electron chi connectivity index (χ1n) is 9.54. The number of carbonyl (C=O) groups excluding carboxylic acids is 1. The van der Waals surface area contributed by atoms with Gasteiger partial charge in [-0.2, -0.15) is 4.39 Å². The van der Waals surface area contributed by atoms with Crippen molar-refractivity contribution < 1.29 is 18.8 Å². The largest absolute Gasteiger partial charge is 0.496 e. The predicted molar refractivity (Wildman–Crippen MR) is 109 cm³/mol. The van der Waals surface area contributed by atoms with Crippen LogP contribution in [0.3, 0.4) is 0 Å². The number of nitrogens with zero attached hydrogens (tertiary/aromatic N) is 1. The third-order valence-electron chi connectivity index (χ3n) is 5.30. The number of anilines is 2. The summed E-state index contributed by atoms with van der Waals surface area (Å²) in [5, 5.41) is 17.1. The van der Waals surface area contributed by atoms with Crippen LogP contribution < -0.4 is 15.4 Å². The van der Waals surface area contributed by atoms with Gasteiger partial charge in [-0.25, -0.2) is 0 Å². The first kappa shape index (κ1) is 20.6. The van der Waals surface area contributed by atoms with Crippen molar-refractivity contribution >= 4 is 23.0 Å². The second-order valence-corrected chi connectivity index (χ2v) is 7.26. The molecule has 0 heterocycles. The molecule has 8 heteroatoms. The zero-order valence-electron chi connectivity index (χ0n) is 16.4. The minimum atomic E-state index is -0.860. The second kappa shape index (κ2) is 8.89. The van der Waals surface area contributed by atoms with Gasteiger partial charge in [-0.15, -0.1) is 0 Å². The monoisotopic (exact) mass is 401 g/mol. The van der Waals surface area contributed by atoms with E-state index in [-0.39, 0.29) is 23.6 Å². The van der Waals surface area contributed by atoms with Gasteiger partial charge < -0.3 is 15.4 Å². The Morgan fingerprint density at radius 3 is 2.59 bits per heavy atom. The lowest BCUT2D eigenvalue weighted by Gasteiger charge is -2.29. The number of halogens is 1. The molecule has 0 spiro atoms. The smallest absolute Gasteiger partial charge is 0.327 e. The molecule has 2 N–H and O–H groups in total. The molecule has 2 aromatic carbocycles. The molecule has 1 saturated carbocycles. The number of benzene rings is 2. The van der Waals surface area contributed by atoms with Gasteiger partial charge in [0.1, 0.15) is 11.4 Å². The lowest BCUT2D eigenvalue weighted by atomic mass is 9.85. The highest BCUT2D eigenvalue weighted by Crippen LogP contribution is 2.32. The van der Waals surface area contributed by atoms with Gasteiger partial charge in [0.2, 0.25) is 11.7 Å². The van der Waals surface area contributed by atoms with E-state index in [0.29, 0.717) is 37.1 Å². The summed E-state index contributed by atoms with van der Waals surface area (Å²) in [6.07, 6.45) is 2.64. The Labute approximate surface area is 168 Å². The standard InChI is InChI=1S/C21H24FN3O4/c1-13-6-9-16(12-19(13)29-2)24-21(26)14-7-10-15(11-8-14)23-18-5-3-4-17(22)20(18)25(27)28/h3-6,9,12,14-15,23H,7-8,10-11H2,1-2H3,(H,24,26). The molecule has 1 aliphatic rings. The maximum absolute atomic E-state index is 13.8. The number of ether oxygens (including phenoxy) is 1. The van der Waals surface area contributed by atoms with E-state index in [1.807, 2.05) is 19.1 Å². The first-order chi connectivity index (χ1) is 13.9. The Kier molecular flexibility index (Phi) is 6.31. The average molecular weight is 401 g/mol. The quantitative estimate of drug-likeness (QED) is 0.542. The highest BCUT2D eigenvalue weighted by molar-refractivity contribution is 5.92. The van der Waals surface area contributed by atoms with Gasteiger partial charge in [-0.3, -0.25) is 14.9 Å². The molecular weight excluding hydrogens is 377 g/mol. The minimum absolute atomic E-state index is 0.0426. The predicted octanol–water partition coefficient (Wildman–Crippen LogP) is 4.66. The fourth-order valence-corrected chi connectivity index (χ4v) is 3.68. The Balaban J connectivity index is 1.57. The molecule has 0 radical (unpaired) electrons. The molecule has 29 heavy (non-hydrogen) atoms. The number of hydrogen-bond acceptors (Lipinski definition) is 5. The van der Waals surface area contributed by atoms with E-state index < -0.39 is 16.4 Å². The van der Waals surface area contributed by atoms with E-state index in [1.54, 1.807) is 13.2 Å². The lowest BCUT2D eigenvalue weighted by molar-refractivity contribution is -0.386. The molecule has 0 bridgehead atoms. The van der Waals surface area contributed by atoms with Crippen molar-refractivity contribution in [1.82, 2.24) is 0 Å². The second-order valence-electron chi connectivity index (χ2n) is 7.26. The molecule has 1 fully saturated rings. The van der Waals surface area contributed by atoms with Gasteiger partial charge in [0.15, 0.2) is 0 Å². The number of hydrogen-bond donors (Lipinski definition) is 2. The van der Waals surface area contributed by atoms with Crippen molar-refractivity contribution in [2.45, 2.75) is 38.6 Å². The third kappa shape index (κ3) is 4.82. The van der Waals surface area contributed by atoms with Gasteiger partial charge in [0.05, 0.1) is 12.0 Å². The lowest BCUT2D eigenvalue weighted by Crippen LogP contribution is -2.32. The average Bonchev–Trinajstić information content (AvgIpc) is 2.69. The highest BCUT2D eigenvalue weighted by Gasteiger charge is 2.28. The zero-order valence-corrected chi connectivity index (χ0v) is 16.4. The summed E-state index contributed by atoms with van der Waals surface area (Å²) in [5.74, 6) is -0.331. The summed E-state index contributed by atoms with van der Waals surface area (Å²) in [4.78, 5) is 23.0. The summed E-state index contributed by atoms with van der Waals surface area (Å²) in [6, 6.07) is 9.50. The molecule has 0 atom stereocenters. The van der Waals surface area contributed by atoms with Gasteiger partial charge >= 0.3 is 5.69 Å². The van der Waals surface area contributed by atoms with Crippen LogP contribution in [0.2, 0.25) is 0 Å². The molecule has 0 saturated heterocycles. The van der Waals surface area contributed by atoms with Crippen LogP contribution in [0.5, 0.6) is 5.75 Å². The number of carbonyl (C=O) groups is 1. The maximum atomic E-state index is 13.8. The zero-order chi connectivity index (χ0) is 21.0. The normalized spacial score (nSPS) is 18.7.